The van der Waals surface area contributed by atoms with Crippen LogP contribution in [0.2, 0.25) is 10.0 Å². The van der Waals surface area contributed by atoms with E-state index in [-0.39, 0.29) is 17.9 Å². The Hall–Kier alpha value is -1.60. The van der Waals surface area contributed by atoms with Crippen LogP contribution >= 0.6 is 23.2 Å². The Balaban J connectivity index is 1.41. The van der Waals surface area contributed by atoms with Gasteiger partial charge in [-0.3, -0.25) is 9.59 Å². The van der Waals surface area contributed by atoms with E-state index in [9.17, 15) is 14.7 Å². The van der Waals surface area contributed by atoms with Crippen LogP contribution < -0.4 is 0 Å². The molecule has 0 aromatic heterocycles. The number of benzene rings is 1. The summed E-state index contributed by atoms with van der Waals surface area (Å²) in [5, 5.41) is 10.5. The first-order valence-corrected chi connectivity index (χ1v) is 11.8. The molecule has 0 saturated carbocycles. The van der Waals surface area contributed by atoms with E-state index in [1.807, 2.05) is 4.90 Å². The van der Waals surface area contributed by atoms with Crippen molar-refractivity contribution in [2.75, 3.05) is 45.8 Å². The van der Waals surface area contributed by atoms with E-state index in [0.29, 0.717) is 36.1 Å². The van der Waals surface area contributed by atoms with Crippen molar-refractivity contribution in [3.63, 3.8) is 0 Å². The van der Waals surface area contributed by atoms with Crippen molar-refractivity contribution in [2.24, 2.45) is 0 Å². The molecule has 2 fully saturated rings. The topological polar surface area (TPSA) is 64.1 Å². The molecule has 0 radical (unpaired) electrons. The maximum Gasteiger partial charge on any atom is 0.246 e. The smallest absolute Gasteiger partial charge is 0.246 e. The van der Waals surface area contributed by atoms with Crippen LogP contribution in [0.3, 0.4) is 0 Å². The lowest BCUT2D eigenvalue weighted by atomic mass is 10.1. The Morgan fingerprint density at radius 1 is 1.03 bits per heavy atom. The molecule has 2 aliphatic heterocycles. The number of aliphatic hydroxyl groups is 1. The Bertz CT molecular complexity index is 794. The van der Waals surface area contributed by atoms with Gasteiger partial charge in [-0.1, -0.05) is 29.3 Å². The van der Waals surface area contributed by atoms with Crippen LogP contribution in [0, 0.1) is 0 Å². The number of piperidine rings is 1. The molecular formula is C23H31Cl2N3O3. The molecule has 6 nitrogen and oxygen atoms in total. The summed E-state index contributed by atoms with van der Waals surface area (Å²) in [6.45, 7) is 5.21. The summed E-state index contributed by atoms with van der Waals surface area (Å²) >= 11 is 11.9. The molecule has 31 heavy (non-hydrogen) atoms. The second kappa shape index (κ2) is 11.9. The van der Waals surface area contributed by atoms with E-state index in [1.54, 1.807) is 29.2 Å². The molecular weight excluding hydrogens is 437 g/mol. The standard InChI is InChI=1S/C23H31Cl2N3O3/c24-20-5-3-18(17-21(20)25)4-6-22(30)28-14-9-23(31)27(15-16-28)11-2-1-10-26-12-7-19(29)8-13-26/h3-6,17,19,29H,1-2,7-16H2. The van der Waals surface area contributed by atoms with E-state index in [2.05, 4.69) is 4.90 Å². The van der Waals surface area contributed by atoms with Crippen molar-refractivity contribution in [1.82, 2.24) is 14.7 Å². The monoisotopic (exact) mass is 467 g/mol. The molecule has 170 valence electrons. The van der Waals surface area contributed by atoms with Gasteiger partial charge < -0.3 is 19.8 Å². The van der Waals surface area contributed by atoms with Crippen molar-refractivity contribution < 1.29 is 14.7 Å². The molecule has 2 aliphatic rings. The van der Waals surface area contributed by atoms with Crippen molar-refractivity contribution >= 4 is 41.1 Å². The number of carbonyl (C=O) groups excluding carboxylic acids is 2. The van der Waals surface area contributed by atoms with Crippen LogP contribution in [-0.2, 0) is 9.59 Å². The minimum absolute atomic E-state index is 0.104. The largest absolute Gasteiger partial charge is 0.393 e. The van der Waals surface area contributed by atoms with Gasteiger partial charge in [0.05, 0.1) is 16.1 Å². The SMILES string of the molecule is O=C(C=Cc1ccc(Cl)c(Cl)c1)N1CCC(=O)N(CCCCN2CCC(O)CC2)CC1. The number of aliphatic hydroxyl groups excluding tert-OH is 1. The van der Waals surface area contributed by atoms with Crippen molar-refractivity contribution in [2.45, 2.75) is 38.2 Å². The molecule has 0 atom stereocenters. The first-order chi connectivity index (χ1) is 14.9. The molecule has 8 heteroatoms. The van der Waals surface area contributed by atoms with E-state index < -0.39 is 0 Å². The number of nitrogens with zero attached hydrogens (tertiary/aromatic N) is 3. The molecule has 2 heterocycles. The normalized spacial score (nSPS) is 19.3. The van der Waals surface area contributed by atoms with Gasteiger partial charge in [0.1, 0.15) is 0 Å². The molecule has 0 unspecified atom stereocenters. The summed E-state index contributed by atoms with van der Waals surface area (Å²) in [6.07, 6.45) is 7.16. The van der Waals surface area contributed by atoms with Gasteiger partial charge in [0.25, 0.3) is 0 Å². The predicted molar refractivity (Wildman–Crippen MR) is 124 cm³/mol. The second-order valence-electron chi connectivity index (χ2n) is 8.24. The maximum absolute atomic E-state index is 12.6. The summed E-state index contributed by atoms with van der Waals surface area (Å²) in [5.74, 6) is 0.0119. The van der Waals surface area contributed by atoms with Crippen molar-refractivity contribution in [3.05, 3.63) is 39.9 Å². The van der Waals surface area contributed by atoms with Crippen molar-refractivity contribution in [3.8, 4) is 0 Å². The predicted octanol–water partition coefficient (Wildman–Crippen LogP) is 3.30. The quantitative estimate of drug-likeness (QED) is 0.493. The van der Waals surface area contributed by atoms with E-state index in [4.69, 9.17) is 23.2 Å². The van der Waals surface area contributed by atoms with Crippen LogP contribution in [-0.4, -0.2) is 83.5 Å². The lowest BCUT2D eigenvalue weighted by Gasteiger charge is -2.29. The van der Waals surface area contributed by atoms with E-state index >= 15 is 0 Å². The first kappa shape index (κ1) is 24.1. The van der Waals surface area contributed by atoms with Gasteiger partial charge >= 0.3 is 0 Å². The Labute approximate surface area is 194 Å². The molecule has 1 aromatic rings. The van der Waals surface area contributed by atoms with Gasteiger partial charge in [-0.2, -0.15) is 0 Å². The summed E-state index contributed by atoms with van der Waals surface area (Å²) in [4.78, 5) is 31.0. The van der Waals surface area contributed by atoms with Gasteiger partial charge in [0, 0.05) is 51.8 Å². The number of unbranched alkanes of at least 4 members (excludes halogenated alkanes) is 1. The Morgan fingerprint density at radius 3 is 2.52 bits per heavy atom. The summed E-state index contributed by atoms with van der Waals surface area (Å²) in [5.41, 5.74) is 0.804. The fourth-order valence-corrected chi connectivity index (χ4v) is 4.30. The fourth-order valence-electron chi connectivity index (χ4n) is 3.99. The maximum atomic E-state index is 12.6. The highest BCUT2D eigenvalue weighted by atomic mass is 35.5. The minimum Gasteiger partial charge on any atom is -0.393 e. The molecule has 0 aliphatic carbocycles. The number of hydrogen-bond acceptors (Lipinski definition) is 4. The molecule has 0 bridgehead atoms. The van der Waals surface area contributed by atoms with Crippen LogP contribution in [0.5, 0.6) is 0 Å². The van der Waals surface area contributed by atoms with Gasteiger partial charge in [0.15, 0.2) is 0 Å². The van der Waals surface area contributed by atoms with Crippen LogP contribution in [0.1, 0.15) is 37.7 Å². The summed E-state index contributed by atoms with van der Waals surface area (Å²) < 4.78 is 0. The van der Waals surface area contributed by atoms with Gasteiger partial charge in [-0.15, -0.1) is 0 Å². The summed E-state index contributed by atoms with van der Waals surface area (Å²) in [6, 6.07) is 5.22. The lowest BCUT2D eigenvalue weighted by molar-refractivity contribution is -0.130. The minimum atomic E-state index is -0.143. The highest BCUT2D eigenvalue weighted by Crippen LogP contribution is 2.23. The first-order valence-electron chi connectivity index (χ1n) is 11.0. The second-order valence-corrected chi connectivity index (χ2v) is 9.06. The van der Waals surface area contributed by atoms with Gasteiger partial charge in [-0.25, -0.2) is 0 Å². The zero-order chi connectivity index (χ0) is 22.2. The zero-order valence-electron chi connectivity index (χ0n) is 17.8. The van der Waals surface area contributed by atoms with Gasteiger partial charge in [0.2, 0.25) is 11.8 Å². The average molecular weight is 468 g/mol. The lowest BCUT2D eigenvalue weighted by Crippen LogP contribution is -2.37. The highest BCUT2D eigenvalue weighted by Gasteiger charge is 2.22. The van der Waals surface area contributed by atoms with E-state index in [0.717, 1.165) is 57.4 Å². The highest BCUT2D eigenvalue weighted by molar-refractivity contribution is 6.42. The average Bonchev–Trinajstić information content (AvgIpc) is 2.95. The molecule has 1 N–H and O–H groups in total. The third kappa shape index (κ3) is 7.49. The molecule has 3 rings (SSSR count). The molecule has 2 saturated heterocycles. The van der Waals surface area contributed by atoms with E-state index in [1.165, 1.54) is 6.08 Å². The number of likely N-dealkylation sites (tertiary alicyclic amines) is 1. The third-order valence-corrected chi connectivity index (χ3v) is 6.71. The fraction of sp³-hybridized carbons (Fsp3) is 0.565. The number of halogens is 2. The van der Waals surface area contributed by atoms with Crippen LogP contribution in [0.15, 0.2) is 24.3 Å². The number of hydrogen-bond donors (Lipinski definition) is 1. The van der Waals surface area contributed by atoms with Gasteiger partial charge in [-0.05, 0) is 56.0 Å². The Kier molecular flexibility index (Phi) is 9.20. The third-order valence-electron chi connectivity index (χ3n) is 5.97. The Morgan fingerprint density at radius 2 is 1.77 bits per heavy atom. The number of carbonyl (C=O) groups is 2. The number of amides is 2. The zero-order valence-corrected chi connectivity index (χ0v) is 19.3. The molecule has 2 amide bonds. The number of rotatable bonds is 7. The van der Waals surface area contributed by atoms with Crippen molar-refractivity contribution in [1.29, 1.82) is 0 Å². The molecule has 1 aromatic carbocycles. The molecule has 0 spiro atoms. The van der Waals surface area contributed by atoms with Crippen LogP contribution in [0.4, 0.5) is 0 Å². The van der Waals surface area contributed by atoms with Crippen LogP contribution in [0.25, 0.3) is 6.08 Å². The summed E-state index contributed by atoms with van der Waals surface area (Å²) in [7, 11) is 0.